The Hall–Kier alpha value is -2.73. The summed E-state index contributed by atoms with van der Waals surface area (Å²) < 4.78 is 5.78. The third kappa shape index (κ3) is 3.37. The number of rotatable bonds is 2. The molecule has 0 atom stereocenters. The second-order valence-electron chi connectivity index (χ2n) is 5.15. The van der Waals surface area contributed by atoms with E-state index in [1.807, 2.05) is 49.4 Å². The van der Waals surface area contributed by atoms with Crippen LogP contribution < -0.4 is 10.6 Å². The molecule has 0 saturated heterocycles. The van der Waals surface area contributed by atoms with Gasteiger partial charge in [0.2, 0.25) is 11.8 Å². The zero-order chi connectivity index (χ0) is 16.4. The Morgan fingerprint density at radius 3 is 2.74 bits per heavy atom. The highest BCUT2D eigenvalue weighted by Crippen LogP contribution is 2.27. The molecule has 0 fully saturated rings. The number of nitrogens with zero attached hydrogens (tertiary/aromatic N) is 1. The molecule has 1 amide bonds. The smallest absolute Gasteiger partial charge is 0.227 e. The van der Waals surface area contributed by atoms with Crippen LogP contribution in [0.2, 0.25) is 0 Å². The monoisotopic (exact) mass is 325 g/mol. The molecule has 5 nitrogen and oxygen atoms in total. The minimum absolute atomic E-state index is 0.213. The number of thiocarbonyl (C=S) groups is 1. The lowest BCUT2D eigenvalue weighted by molar-refractivity contribution is -0.117. The Morgan fingerprint density at radius 2 is 2.00 bits per heavy atom. The molecule has 2 N–H and O–H groups in total. The summed E-state index contributed by atoms with van der Waals surface area (Å²) in [4.78, 5) is 15.5. The third-order valence-corrected chi connectivity index (χ3v) is 3.52. The van der Waals surface area contributed by atoms with Crippen molar-refractivity contribution in [2.75, 3.05) is 5.32 Å². The molecule has 1 heterocycles. The summed E-state index contributed by atoms with van der Waals surface area (Å²) in [5.41, 5.74) is 4.18. The van der Waals surface area contributed by atoms with E-state index in [1.165, 1.54) is 6.92 Å². The van der Waals surface area contributed by atoms with Crippen LogP contribution in [-0.2, 0) is 4.79 Å². The summed E-state index contributed by atoms with van der Waals surface area (Å²) in [7, 11) is 0. The van der Waals surface area contributed by atoms with Crippen LogP contribution in [0, 0.1) is 6.92 Å². The maximum atomic E-state index is 11.1. The first-order valence-corrected chi connectivity index (χ1v) is 7.49. The van der Waals surface area contributed by atoms with Gasteiger partial charge in [-0.2, -0.15) is 0 Å². The Labute approximate surface area is 138 Å². The molecule has 2 aromatic carbocycles. The average molecular weight is 325 g/mol. The standard InChI is InChI=1S/C17H15N3O2S/c1-10-7-8-12(9-14(10)20-17(23)18-11(2)21)16-19-13-5-3-4-6-15(13)22-16/h3-9H,1-2H3,(H2,18,20,21,23). The molecule has 6 heteroatoms. The number of para-hydroxylation sites is 2. The van der Waals surface area contributed by atoms with Gasteiger partial charge in [-0.15, -0.1) is 0 Å². The van der Waals surface area contributed by atoms with E-state index in [0.29, 0.717) is 5.89 Å². The summed E-state index contributed by atoms with van der Waals surface area (Å²) in [5, 5.41) is 5.82. The molecule has 0 radical (unpaired) electrons. The summed E-state index contributed by atoms with van der Waals surface area (Å²) in [6.07, 6.45) is 0. The first kappa shape index (κ1) is 15.2. The maximum absolute atomic E-state index is 11.1. The van der Waals surface area contributed by atoms with Crippen molar-refractivity contribution in [1.82, 2.24) is 10.3 Å². The van der Waals surface area contributed by atoms with Crippen molar-refractivity contribution in [2.24, 2.45) is 0 Å². The Bertz CT molecular complexity index is 869. The van der Waals surface area contributed by atoms with E-state index in [9.17, 15) is 4.79 Å². The number of anilines is 1. The second-order valence-corrected chi connectivity index (χ2v) is 5.56. The Balaban J connectivity index is 1.93. The first-order chi connectivity index (χ1) is 11.0. The van der Waals surface area contributed by atoms with Gasteiger partial charge in [-0.25, -0.2) is 4.98 Å². The van der Waals surface area contributed by atoms with Crippen molar-refractivity contribution in [3.8, 4) is 11.5 Å². The third-order valence-electron chi connectivity index (χ3n) is 3.32. The van der Waals surface area contributed by atoms with Gasteiger partial charge in [0.15, 0.2) is 10.7 Å². The molecule has 3 aromatic rings. The SMILES string of the molecule is CC(=O)NC(=S)Nc1cc(-c2nc3ccccc3o2)ccc1C. The van der Waals surface area contributed by atoms with Gasteiger partial charge in [0.05, 0.1) is 0 Å². The lowest BCUT2D eigenvalue weighted by Gasteiger charge is -2.11. The largest absolute Gasteiger partial charge is 0.436 e. The maximum Gasteiger partial charge on any atom is 0.227 e. The molecular formula is C17H15N3O2S. The van der Waals surface area contributed by atoms with E-state index in [-0.39, 0.29) is 11.0 Å². The van der Waals surface area contributed by atoms with Crippen LogP contribution in [0.1, 0.15) is 12.5 Å². The Kier molecular flexibility index (Phi) is 4.08. The lowest BCUT2D eigenvalue weighted by Crippen LogP contribution is -2.32. The number of hydrogen-bond donors (Lipinski definition) is 2. The predicted molar refractivity (Wildman–Crippen MR) is 94.2 cm³/mol. The van der Waals surface area contributed by atoms with E-state index in [4.69, 9.17) is 16.6 Å². The van der Waals surface area contributed by atoms with Crippen molar-refractivity contribution in [3.05, 3.63) is 48.0 Å². The molecule has 0 bridgehead atoms. The number of benzene rings is 2. The van der Waals surface area contributed by atoms with Crippen LogP contribution in [0.5, 0.6) is 0 Å². The summed E-state index contributed by atoms with van der Waals surface area (Å²) in [5.74, 6) is 0.329. The average Bonchev–Trinajstić information content (AvgIpc) is 2.92. The molecule has 23 heavy (non-hydrogen) atoms. The van der Waals surface area contributed by atoms with Crippen LogP contribution in [0.15, 0.2) is 46.9 Å². The quantitative estimate of drug-likeness (QED) is 0.704. The molecule has 116 valence electrons. The van der Waals surface area contributed by atoms with Crippen LogP contribution >= 0.6 is 12.2 Å². The second kappa shape index (κ2) is 6.18. The zero-order valence-corrected chi connectivity index (χ0v) is 13.5. The molecular weight excluding hydrogens is 310 g/mol. The molecule has 0 aliphatic carbocycles. The molecule has 3 rings (SSSR count). The van der Waals surface area contributed by atoms with Crippen LogP contribution in [0.3, 0.4) is 0 Å². The van der Waals surface area contributed by atoms with Gasteiger partial charge in [0, 0.05) is 18.2 Å². The van der Waals surface area contributed by atoms with E-state index in [1.54, 1.807) is 0 Å². The molecule has 0 saturated carbocycles. The van der Waals surface area contributed by atoms with E-state index in [0.717, 1.165) is 27.9 Å². The van der Waals surface area contributed by atoms with Gasteiger partial charge in [-0.3, -0.25) is 4.79 Å². The number of nitrogens with one attached hydrogen (secondary N) is 2. The highest BCUT2D eigenvalue weighted by molar-refractivity contribution is 7.80. The van der Waals surface area contributed by atoms with Crippen molar-refractivity contribution in [3.63, 3.8) is 0 Å². The minimum Gasteiger partial charge on any atom is -0.436 e. The van der Waals surface area contributed by atoms with Gasteiger partial charge in [0.25, 0.3) is 0 Å². The number of amides is 1. The van der Waals surface area contributed by atoms with Crippen molar-refractivity contribution in [2.45, 2.75) is 13.8 Å². The molecule has 0 unspecified atom stereocenters. The van der Waals surface area contributed by atoms with Crippen LogP contribution in [0.4, 0.5) is 5.69 Å². The van der Waals surface area contributed by atoms with Crippen molar-refractivity contribution < 1.29 is 9.21 Å². The van der Waals surface area contributed by atoms with Gasteiger partial charge < -0.3 is 15.1 Å². The molecule has 1 aromatic heterocycles. The number of aryl methyl sites for hydroxylation is 1. The number of oxazole rings is 1. The van der Waals surface area contributed by atoms with Crippen LogP contribution in [0.25, 0.3) is 22.6 Å². The van der Waals surface area contributed by atoms with E-state index >= 15 is 0 Å². The number of aromatic nitrogens is 1. The fraction of sp³-hybridized carbons (Fsp3) is 0.118. The van der Waals surface area contributed by atoms with Gasteiger partial charge in [-0.05, 0) is 49.0 Å². The molecule has 0 aliphatic rings. The highest BCUT2D eigenvalue weighted by atomic mass is 32.1. The first-order valence-electron chi connectivity index (χ1n) is 7.08. The van der Waals surface area contributed by atoms with Gasteiger partial charge >= 0.3 is 0 Å². The fourth-order valence-corrected chi connectivity index (χ4v) is 2.45. The zero-order valence-electron chi connectivity index (χ0n) is 12.7. The fourth-order valence-electron chi connectivity index (χ4n) is 2.20. The predicted octanol–water partition coefficient (Wildman–Crippen LogP) is 3.64. The van der Waals surface area contributed by atoms with E-state index < -0.39 is 0 Å². The summed E-state index contributed by atoms with van der Waals surface area (Å²) in [6, 6.07) is 13.4. The highest BCUT2D eigenvalue weighted by Gasteiger charge is 2.10. The summed E-state index contributed by atoms with van der Waals surface area (Å²) >= 11 is 5.10. The molecule has 0 aliphatic heterocycles. The van der Waals surface area contributed by atoms with Gasteiger partial charge in [-0.1, -0.05) is 18.2 Å². The molecule has 0 spiro atoms. The number of fused-ring (bicyclic) bond motifs is 1. The Morgan fingerprint density at radius 1 is 1.22 bits per heavy atom. The van der Waals surface area contributed by atoms with Crippen LogP contribution in [-0.4, -0.2) is 16.0 Å². The van der Waals surface area contributed by atoms with Gasteiger partial charge in [0.1, 0.15) is 5.52 Å². The summed E-state index contributed by atoms with van der Waals surface area (Å²) in [6.45, 7) is 3.37. The van der Waals surface area contributed by atoms with E-state index in [2.05, 4.69) is 15.6 Å². The lowest BCUT2D eigenvalue weighted by atomic mass is 10.1. The minimum atomic E-state index is -0.213. The number of hydrogen-bond acceptors (Lipinski definition) is 4. The van der Waals surface area contributed by atoms with Crippen molar-refractivity contribution in [1.29, 1.82) is 0 Å². The number of carbonyl (C=O) groups is 1. The van der Waals surface area contributed by atoms with Crippen molar-refractivity contribution >= 4 is 40.0 Å². The number of carbonyl (C=O) groups excluding carboxylic acids is 1. The normalized spacial score (nSPS) is 10.5. The topological polar surface area (TPSA) is 67.2 Å².